The monoisotopic (exact) mass is 273 g/mol. The summed E-state index contributed by atoms with van der Waals surface area (Å²) in [5.74, 6) is 0.841. The van der Waals surface area contributed by atoms with Gasteiger partial charge in [0.15, 0.2) is 0 Å². The van der Waals surface area contributed by atoms with Gasteiger partial charge in [-0.2, -0.15) is 11.3 Å². The predicted octanol–water partition coefficient (Wildman–Crippen LogP) is 3.35. The van der Waals surface area contributed by atoms with Gasteiger partial charge >= 0.3 is 0 Å². The number of nitrogens with zero attached hydrogens (tertiary/aromatic N) is 1. The molecule has 2 atom stereocenters. The first-order valence-corrected chi connectivity index (χ1v) is 7.19. The summed E-state index contributed by atoms with van der Waals surface area (Å²) in [4.78, 5) is 2.60. The zero-order valence-electron chi connectivity index (χ0n) is 8.45. The van der Waals surface area contributed by atoms with Crippen LogP contribution in [0.4, 0.5) is 0 Å². The van der Waals surface area contributed by atoms with Crippen molar-refractivity contribution in [2.45, 2.75) is 25.9 Å². The summed E-state index contributed by atoms with van der Waals surface area (Å²) >= 11 is 5.42. The maximum atomic E-state index is 3.62. The molecule has 1 fully saturated rings. The summed E-state index contributed by atoms with van der Waals surface area (Å²) < 4.78 is 0. The first-order chi connectivity index (χ1) is 6.81. The van der Waals surface area contributed by atoms with Gasteiger partial charge in [-0.05, 0) is 41.3 Å². The summed E-state index contributed by atoms with van der Waals surface area (Å²) in [6.07, 6.45) is 1.35. The lowest BCUT2D eigenvalue weighted by molar-refractivity contribution is 0.244. The molecule has 3 heteroatoms. The molecule has 0 aliphatic carbocycles. The van der Waals surface area contributed by atoms with Crippen LogP contribution in [0.5, 0.6) is 0 Å². The van der Waals surface area contributed by atoms with Crippen molar-refractivity contribution in [2.24, 2.45) is 5.92 Å². The number of alkyl halides is 1. The Balaban J connectivity index is 1.98. The lowest BCUT2D eigenvalue weighted by Crippen LogP contribution is -2.32. The Bertz CT molecular complexity index is 273. The summed E-state index contributed by atoms with van der Waals surface area (Å²) in [6, 6.07) is 2.97. The van der Waals surface area contributed by atoms with Crippen LogP contribution in [0.3, 0.4) is 0 Å². The van der Waals surface area contributed by atoms with Gasteiger partial charge in [0, 0.05) is 17.9 Å². The highest BCUT2D eigenvalue weighted by Gasteiger charge is 2.29. The zero-order valence-corrected chi connectivity index (χ0v) is 10.9. The highest BCUT2D eigenvalue weighted by molar-refractivity contribution is 9.09. The van der Waals surface area contributed by atoms with Crippen molar-refractivity contribution in [2.75, 3.05) is 11.9 Å². The van der Waals surface area contributed by atoms with Crippen molar-refractivity contribution in [3.63, 3.8) is 0 Å². The molecular weight excluding hydrogens is 258 g/mol. The minimum absolute atomic E-state index is 0.731. The number of likely N-dealkylation sites (tertiary alicyclic amines) is 1. The van der Waals surface area contributed by atoms with Crippen molar-refractivity contribution < 1.29 is 0 Å². The van der Waals surface area contributed by atoms with Gasteiger partial charge in [-0.3, -0.25) is 4.90 Å². The number of thiophene rings is 1. The minimum Gasteiger partial charge on any atom is -0.295 e. The molecule has 0 saturated carbocycles. The van der Waals surface area contributed by atoms with Crippen LogP contribution in [0.15, 0.2) is 16.8 Å². The zero-order chi connectivity index (χ0) is 9.97. The first kappa shape index (κ1) is 10.7. The molecule has 1 nitrogen and oxygen atoms in total. The van der Waals surface area contributed by atoms with Crippen molar-refractivity contribution in [3.05, 3.63) is 22.4 Å². The van der Waals surface area contributed by atoms with E-state index >= 15 is 0 Å². The van der Waals surface area contributed by atoms with E-state index in [0.717, 1.165) is 23.8 Å². The molecule has 1 aliphatic rings. The highest BCUT2D eigenvalue weighted by Crippen LogP contribution is 2.27. The molecule has 0 N–H and O–H groups in total. The molecule has 1 aromatic heterocycles. The average Bonchev–Trinajstić information content (AvgIpc) is 2.77. The Morgan fingerprint density at radius 2 is 2.50 bits per heavy atom. The van der Waals surface area contributed by atoms with Gasteiger partial charge in [-0.25, -0.2) is 0 Å². The van der Waals surface area contributed by atoms with Crippen molar-refractivity contribution in [1.82, 2.24) is 4.90 Å². The van der Waals surface area contributed by atoms with Crippen LogP contribution in [-0.4, -0.2) is 22.8 Å². The van der Waals surface area contributed by atoms with Gasteiger partial charge < -0.3 is 0 Å². The van der Waals surface area contributed by atoms with Crippen molar-refractivity contribution in [3.8, 4) is 0 Å². The molecular formula is C11H16BrNS. The van der Waals surface area contributed by atoms with E-state index in [1.54, 1.807) is 11.3 Å². The third-order valence-corrected chi connectivity index (χ3v) is 4.52. The lowest BCUT2D eigenvalue weighted by atomic mass is 10.1. The maximum Gasteiger partial charge on any atom is 0.0245 e. The largest absolute Gasteiger partial charge is 0.295 e. The van der Waals surface area contributed by atoms with E-state index in [1.165, 1.54) is 18.5 Å². The molecule has 0 spiro atoms. The average molecular weight is 274 g/mol. The molecule has 2 unspecified atom stereocenters. The first-order valence-electron chi connectivity index (χ1n) is 5.12. The van der Waals surface area contributed by atoms with Crippen LogP contribution in [0.25, 0.3) is 0 Å². The summed E-state index contributed by atoms with van der Waals surface area (Å²) in [7, 11) is 0. The Kier molecular flexibility index (Phi) is 3.63. The Morgan fingerprint density at radius 3 is 3.14 bits per heavy atom. The molecule has 0 radical (unpaired) electrons. The molecule has 2 heterocycles. The number of rotatable bonds is 3. The summed E-state index contributed by atoms with van der Waals surface area (Å²) in [6.45, 7) is 4.75. The molecule has 1 aliphatic heterocycles. The molecule has 1 saturated heterocycles. The topological polar surface area (TPSA) is 3.24 Å². The SMILES string of the molecule is CC1CCN(Cc2ccsc2)C1CBr. The van der Waals surface area contributed by atoms with E-state index in [0.29, 0.717) is 0 Å². The maximum absolute atomic E-state index is 3.62. The molecule has 0 bridgehead atoms. The Morgan fingerprint density at radius 1 is 1.64 bits per heavy atom. The molecule has 78 valence electrons. The summed E-state index contributed by atoms with van der Waals surface area (Å²) in [5, 5.41) is 5.53. The molecule has 0 amide bonds. The van der Waals surface area contributed by atoms with E-state index < -0.39 is 0 Å². The van der Waals surface area contributed by atoms with Crippen molar-refractivity contribution in [1.29, 1.82) is 0 Å². The standard InChI is InChI=1S/C11H16BrNS/c1-9-2-4-13(11(9)6-12)7-10-3-5-14-8-10/h3,5,8-9,11H,2,4,6-7H2,1H3. The van der Waals surface area contributed by atoms with Crippen LogP contribution < -0.4 is 0 Å². The van der Waals surface area contributed by atoms with Crippen LogP contribution in [0.2, 0.25) is 0 Å². The normalized spacial score (nSPS) is 28.4. The van der Waals surface area contributed by atoms with E-state index in [4.69, 9.17) is 0 Å². The van der Waals surface area contributed by atoms with Crippen molar-refractivity contribution >= 4 is 27.3 Å². The third-order valence-electron chi connectivity index (χ3n) is 3.12. The van der Waals surface area contributed by atoms with E-state index in [1.807, 2.05) is 0 Å². The second kappa shape index (κ2) is 4.77. The van der Waals surface area contributed by atoms with Crippen LogP contribution in [-0.2, 0) is 6.54 Å². The second-order valence-corrected chi connectivity index (χ2v) is 5.52. The van der Waals surface area contributed by atoms with E-state index in [-0.39, 0.29) is 0 Å². The molecule has 2 rings (SSSR count). The smallest absolute Gasteiger partial charge is 0.0245 e. The third kappa shape index (κ3) is 2.20. The Hall–Kier alpha value is 0.140. The van der Waals surface area contributed by atoms with Gasteiger partial charge in [0.1, 0.15) is 0 Å². The van der Waals surface area contributed by atoms with Gasteiger partial charge in [0.05, 0.1) is 0 Å². The fourth-order valence-corrected chi connectivity index (χ4v) is 3.86. The van der Waals surface area contributed by atoms with Gasteiger partial charge in [-0.1, -0.05) is 22.9 Å². The van der Waals surface area contributed by atoms with Gasteiger partial charge in [0.2, 0.25) is 0 Å². The molecule has 14 heavy (non-hydrogen) atoms. The van der Waals surface area contributed by atoms with Crippen LogP contribution in [0.1, 0.15) is 18.9 Å². The quantitative estimate of drug-likeness (QED) is 0.764. The minimum atomic E-state index is 0.731. The van der Waals surface area contributed by atoms with E-state index in [2.05, 4.69) is 44.6 Å². The highest BCUT2D eigenvalue weighted by atomic mass is 79.9. The number of halogens is 1. The van der Waals surface area contributed by atoms with E-state index in [9.17, 15) is 0 Å². The molecule has 0 aromatic carbocycles. The number of hydrogen-bond donors (Lipinski definition) is 0. The van der Waals surface area contributed by atoms with Crippen LogP contribution >= 0.6 is 27.3 Å². The summed E-state index contributed by atoms with van der Waals surface area (Å²) in [5.41, 5.74) is 1.47. The van der Waals surface area contributed by atoms with Crippen LogP contribution in [0, 0.1) is 5.92 Å². The Labute approximate surface area is 98.2 Å². The molecule has 1 aromatic rings. The predicted molar refractivity (Wildman–Crippen MR) is 66.1 cm³/mol. The fourth-order valence-electron chi connectivity index (χ4n) is 2.15. The number of hydrogen-bond acceptors (Lipinski definition) is 2. The fraction of sp³-hybridized carbons (Fsp3) is 0.636. The van der Waals surface area contributed by atoms with Gasteiger partial charge in [0.25, 0.3) is 0 Å². The second-order valence-electron chi connectivity index (χ2n) is 4.09. The lowest BCUT2D eigenvalue weighted by Gasteiger charge is -2.24. The van der Waals surface area contributed by atoms with Gasteiger partial charge in [-0.15, -0.1) is 0 Å².